The van der Waals surface area contributed by atoms with E-state index >= 15 is 0 Å². The van der Waals surface area contributed by atoms with E-state index in [9.17, 15) is 18.3 Å². The monoisotopic (exact) mass is 420 g/mol. The van der Waals surface area contributed by atoms with Gasteiger partial charge in [0.15, 0.2) is 0 Å². The van der Waals surface area contributed by atoms with Crippen molar-refractivity contribution >= 4 is 21.7 Å². The molecule has 8 heteroatoms. The van der Waals surface area contributed by atoms with Gasteiger partial charge < -0.3 is 15.2 Å². The molecule has 0 atom stereocenters. The number of benzene rings is 2. The van der Waals surface area contributed by atoms with Crippen molar-refractivity contribution in [3.63, 3.8) is 0 Å². The molecule has 0 saturated heterocycles. The highest BCUT2D eigenvalue weighted by Crippen LogP contribution is 2.21. The molecule has 0 aliphatic rings. The van der Waals surface area contributed by atoms with Crippen molar-refractivity contribution in [3.8, 4) is 0 Å². The zero-order valence-electron chi connectivity index (χ0n) is 16.7. The van der Waals surface area contributed by atoms with E-state index in [1.807, 2.05) is 44.2 Å². The number of aromatic carboxylic acids is 1. The predicted molar refractivity (Wildman–Crippen MR) is 113 cm³/mol. The van der Waals surface area contributed by atoms with Crippen LogP contribution < -0.4 is 10.0 Å². The lowest BCUT2D eigenvalue weighted by Gasteiger charge is -2.13. The van der Waals surface area contributed by atoms with Gasteiger partial charge in [-0.3, -0.25) is 0 Å². The SMILES string of the molecule is CC(C)OCCCNc1ccc(S(=O)(=O)NCCc2ccccc2)cc1C(=O)O. The summed E-state index contributed by atoms with van der Waals surface area (Å²) in [6.45, 7) is 5.20. The minimum Gasteiger partial charge on any atom is -0.478 e. The number of hydrogen-bond donors (Lipinski definition) is 3. The summed E-state index contributed by atoms with van der Waals surface area (Å²) >= 11 is 0. The van der Waals surface area contributed by atoms with Gasteiger partial charge in [-0.05, 0) is 50.5 Å². The Morgan fingerprint density at radius 3 is 2.48 bits per heavy atom. The molecule has 0 aromatic heterocycles. The Morgan fingerprint density at radius 2 is 1.83 bits per heavy atom. The largest absolute Gasteiger partial charge is 0.478 e. The van der Waals surface area contributed by atoms with Crippen molar-refractivity contribution in [3.05, 3.63) is 59.7 Å². The summed E-state index contributed by atoms with van der Waals surface area (Å²) in [6.07, 6.45) is 1.39. The Hall–Kier alpha value is -2.42. The third-order valence-electron chi connectivity index (χ3n) is 4.17. The molecule has 0 unspecified atom stereocenters. The minimum atomic E-state index is -3.80. The molecule has 7 nitrogen and oxygen atoms in total. The van der Waals surface area contributed by atoms with Crippen molar-refractivity contribution in [2.24, 2.45) is 0 Å². The highest BCUT2D eigenvalue weighted by Gasteiger charge is 2.18. The van der Waals surface area contributed by atoms with Crippen LogP contribution in [0.5, 0.6) is 0 Å². The number of carboxylic acids is 1. The zero-order chi connectivity index (χ0) is 21.3. The standard InChI is InChI=1S/C21H28N2O5S/c1-16(2)28-14-6-12-22-20-10-9-18(15-19(20)21(24)25)29(26,27)23-13-11-17-7-4-3-5-8-17/h3-5,7-10,15-16,22-23H,6,11-14H2,1-2H3,(H,24,25). The third kappa shape index (κ3) is 7.49. The second-order valence-corrected chi connectivity index (χ2v) is 8.61. The quantitative estimate of drug-likeness (QED) is 0.456. The fraction of sp³-hybridized carbons (Fsp3) is 0.381. The van der Waals surface area contributed by atoms with Gasteiger partial charge in [-0.2, -0.15) is 0 Å². The maximum atomic E-state index is 12.5. The topological polar surface area (TPSA) is 105 Å². The molecule has 2 aromatic carbocycles. The Balaban J connectivity index is 2.00. The van der Waals surface area contributed by atoms with Crippen LogP contribution in [0.3, 0.4) is 0 Å². The number of ether oxygens (including phenoxy) is 1. The number of carboxylic acid groups (broad SMARTS) is 1. The summed E-state index contributed by atoms with van der Waals surface area (Å²) in [5.41, 5.74) is 1.31. The number of hydrogen-bond acceptors (Lipinski definition) is 5. The van der Waals surface area contributed by atoms with Crippen LogP contribution in [0.1, 0.15) is 36.2 Å². The fourth-order valence-corrected chi connectivity index (χ4v) is 3.75. The molecule has 0 heterocycles. The molecule has 29 heavy (non-hydrogen) atoms. The highest BCUT2D eigenvalue weighted by atomic mass is 32.2. The first-order chi connectivity index (χ1) is 13.8. The summed E-state index contributed by atoms with van der Waals surface area (Å²) in [7, 11) is -3.80. The summed E-state index contributed by atoms with van der Waals surface area (Å²) in [5, 5.41) is 12.5. The van der Waals surface area contributed by atoms with Crippen molar-refractivity contribution < 1.29 is 23.1 Å². The van der Waals surface area contributed by atoms with Gasteiger partial charge >= 0.3 is 5.97 Å². The van der Waals surface area contributed by atoms with Crippen molar-refractivity contribution in [1.29, 1.82) is 0 Å². The summed E-state index contributed by atoms with van der Waals surface area (Å²) in [5.74, 6) is -1.19. The van der Waals surface area contributed by atoms with E-state index in [0.717, 1.165) is 5.56 Å². The van der Waals surface area contributed by atoms with Gasteiger partial charge in [0.05, 0.1) is 16.6 Å². The normalized spacial score (nSPS) is 11.6. The molecule has 158 valence electrons. The van der Waals surface area contributed by atoms with Crippen LogP contribution in [0.15, 0.2) is 53.4 Å². The van der Waals surface area contributed by atoms with Crippen LogP contribution in [-0.4, -0.2) is 45.3 Å². The van der Waals surface area contributed by atoms with Crippen LogP contribution in [0.25, 0.3) is 0 Å². The van der Waals surface area contributed by atoms with Gasteiger partial charge in [0.1, 0.15) is 0 Å². The van der Waals surface area contributed by atoms with Crippen LogP contribution in [0.2, 0.25) is 0 Å². The van der Waals surface area contributed by atoms with Crippen molar-refractivity contribution in [2.75, 3.05) is 25.0 Å². The number of anilines is 1. The lowest BCUT2D eigenvalue weighted by atomic mass is 10.2. The Morgan fingerprint density at radius 1 is 1.10 bits per heavy atom. The molecular formula is C21H28N2O5S. The van der Waals surface area contributed by atoms with Gasteiger partial charge in [0, 0.05) is 25.4 Å². The van der Waals surface area contributed by atoms with Crippen LogP contribution in [0, 0.1) is 0 Å². The molecule has 2 rings (SSSR count). The number of rotatable bonds is 12. The molecule has 3 N–H and O–H groups in total. The van der Waals surface area contributed by atoms with E-state index in [0.29, 0.717) is 31.7 Å². The number of carbonyl (C=O) groups is 1. The smallest absolute Gasteiger partial charge is 0.337 e. The molecule has 0 spiro atoms. The molecule has 0 amide bonds. The second-order valence-electron chi connectivity index (χ2n) is 6.85. The average Bonchev–Trinajstić information content (AvgIpc) is 2.68. The van der Waals surface area contributed by atoms with Crippen molar-refractivity contribution in [2.45, 2.75) is 37.7 Å². The van der Waals surface area contributed by atoms with Gasteiger partial charge in [-0.25, -0.2) is 17.9 Å². The van der Waals surface area contributed by atoms with E-state index < -0.39 is 16.0 Å². The molecular weight excluding hydrogens is 392 g/mol. The van der Waals surface area contributed by atoms with Crippen LogP contribution >= 0.6 is 0 Å². The lowest BCUT2D eigenvalue weighted by Crippen LogP contribution is -2.26. The van der Waals surface area contributed by atoms with Gasteiger partial charge in [-0.15, -0.1) is 0 Å². The Kier molecular flexibility index (Phi) is 8.63. The summed E-state index contributed by atoms with van der Waals surface area (Å²) < 4.78 is 33.0. The molecule has 0 fully saturated rings. The third-order valence-corrected chi connectivity index (χ3v) is 5.63. The lowest BCUT2D eigenvalue weighted by molar-refractivity contribution is 0.0697. The molecule has 0 aliphatic heterocycles. The molecule has 0 aliphatic carbocycles. The summed E-state index contributed by atoms with van der Waals surface area (Å²) in [4.78, 5) is 11.5. The first-order valence-electron chi connectivity index (χ1n) is 9.56. The van der Waals surface area contributed by atoms with Gasteiger partial charge in [0.25, 0.3) is 0 Å². The van der Waals surface area contributed by atoms with E-state index in [2.05, 4.69) is 10.0 Å². The van der Waals surface area contributed by atoms with E-state index in [1.165, 1.54) is 18.2 Å². The fourth-order valence-electron chi connectivity index (χ4n) is 2.69. The molecule has 0 saturated carbocycles. The number of sulfonamides is 1. The maximum Gasteiger partial charge on any atom is 0.337 e. The molecule has 0 radical (unpaired) electrons. The first-order valence-corrected chi connectivity index (χ1v) is 11.0. The van der Waals surface area contributed by atoms with Crippen LogP contribution in [-0.2, 0) is 21.2 Å². The van der Waals surface area contributed by atoms with Crippen molar-refractivity contribution in [1.82, 2.24) is 4.72 Å². The van der Waals surface area contributed by atoms with Gasteiger partial charge in [0.2, 0.25) is 10.0 Å². The average molecular weight is 421 g/mol. The van der Waals surface area contributed by atoms with E-state index in [4.69, 9.17) is 4.74 Å². The van der Waals surface area contributed by atoms with Crippen LogP contribution in [0.4, 0.5) is 5.69 Å². The summed E-state index contributed by atoms with van der Waals surface area (Å²) in [6, 6.07) is 13.6. The zero-order valence-corrected chi connectivity index (χ0v) is 17.5. The second kappa shape index (κ2) is 10.9. The van der Waals surface area contributed by atoms with E-state index in [1.54, 1.807) is 0 Å². The number of nitrogens with one attached hydrogen (secondary N) is 2. The Bertz CT molecular complexity index is 899. The minimum absolute atomic E-state index is 0.0725. The van der Waals surface area contributed by atoms with E-state index in [-0.39, 0.29) is 23.1 Å². The highest BCUT2D eigenvalue weighted by molar-refractivity contribution is 7.89. The van der Waals surface area contributed by atoms with Gasteiger partial charge in [-0.1, -0.05) is 30.3 Å². The molecule has 2 aromatic rings. The maximum absolute atomic E-state index is 12.5. The Labute approximate surface area is 172 Å². The first kappa shape index (κ1) is 22.9. The molecule has 0 bridgehead atoms. The predicted octanol–water partition coefficient (Wildman–Crippen LogP) is 3.13.